The highest BCUT2D eigenvalue weighted by molar-refractivity contribution is 4.92. The molecule has 0 unspecified atom stereocenters. The van der Waals surface area contributed by atoms with Crippen LogP contribution in [0.1, 0.15) is 33.1 Å². The predicted octanol–water partition coefficient (Wildman–Crippen LogP) is 2.16. The van der Waals surface area contributed by atoms with E-state index < -0.39 is 0 Å². The molecule has 1 aliphatic heterocycles. The molecule has 1 aliphatic carbocycles. The van der Waals surface area contributed by atoms with Gasteiger partial charge in [0, 0.05) is 26.8 Å². The number of nitrogens with zero attached hydrogens (tertiary/aromatic N) is 1. The molecule has 0 N–H and O–H groups in total. The van der Waals surface area contributed by atoms with Crippen LogP contribution < -0.4 is 0 Å². The molecule has 0 aromatic heterocycles. The number of methoxy groups -OCH3 is 2. The molecule has 2 fully saturated rings. The smallest absolute Gasteiger partial charge is 0.0729 e. The molecule has 0 amide bonds. The van der Waals surface area contributed by atoms with Crippen molar-refractivity contribution in [1.82, 2.24) is 4.90 Å². The SMILES string of the molecule is COC1CC(N2CC[C@H](C(C)C)[C@H](OC)C2)C1. The van der Waals surface area contributed by atoms with Crippen molar-refractivity contribution in [2.24, 2.45) is 11.8 Å². The van der Waals surface area contributed by atoms with Gasteiger partial charge in [-0.1, -0.05) is 13.8 Å². The Balaban J connectivity index is 1.84. The van der Waals surface area contributed by atoms with Crippen LogP contribution in [0.5, 0.6) is 0 Å². The lowest BCUT2D eigenvalue weighted by atomic mass is 9.81. The molecular weight excluding hydrogens is 214 g/mol. The Morgan fingerprint density at radius 2 is 1.82 bits per heavy atom. The first-order chi connectivity index (χ1) is 8.15. The average molecular weight is 241 g/mol. The Morgan fingerprint density at radius 1 is 1.12 bits per heavy atom. The Hall–Kier alpha value is -0.120. The minimum atomic E-state index is 0.422. The van der Waals surface area contributed by atoms with Gasteiger partial charge in [0.2, 0.25) is 0 Å². The number of ether oxygens (including phenoxy) is 2. The monoisotopic (exact) mass is 241 g/mol. The third kappa shape index (κ3) is 2.83. The summed E-state index contributed by atoms with van der Waals surface area (Å²) in [5, 5.41) is 0. The molecule has 1 saturated heterocycles. The van der Waals surface area contributed by atoms with Crippen LogP contribution in [0.25, 0.3) is 0 Å². The Labute approximate surface area is 105 Å². The third-order valence-corrected chi connectivity index (χ3v) is 4.72. The molecule has 2 rings (SSSR count). The summed E-state index contributed by atoms with van der Waals surface area (Å²) >= 11 is 0. The Kier molecular flexibility index (Phi) is 4.45. The van der Waals surface area contributed by atoms with Gasteiger partial charge in [0.25, 0.3) is 0 Å². The topological polar surface area (TPSA) is 21.7 Å². The second-order valence-corrected chi connectivity index (χ2v) is 5.95. The first-order valence-electron chi connectivity index (χ1n) is 6.95. The van der Waals surface area contributed by atoms with Gasteiger partial charge < -0.3 is 9.47 Å². The Morgan fingerprint density at radius 3 is 2.35 bits per heavy atom. The van der Waals surface area contributed by atoms with Gasteiger partial charge in [-0.3, -0.25) is 4.90 Å². The zero-order chi connectivity index (χ0) is 12.4. The number of hydrogen-bond donors (Lipinski definition) is 0. The van der Waals surface area contributed by atoms with Crippen LogP contribution in [-0.4, -0.2) is 50.5 Å². The van der Waals surface area contributed by atoms with Gasteiger partial charge in [-0.25, -0.2) is 0 Å². The van der Waals surface area contributed by atoms with E-state index in [-0.39, 0.29) is 0 Å². The molecular formula is C14H27NO2. The molecule has 0 aromatic rings. The van der Waals surface area contributed by atoms with Gasteiger partial charge in [0.15, 0.2) is 0 Å². The van der Waals surface area contributed by atoms with Crippen molar-refractivity contribution in [2.45, 2.75) is 51.4 Å². The summed E-state index contributed by atoms with van der Waals surface area (Å²) in [5.41, 5.74) is 0. The van der Waals surface area contributed by atoms with Gasteiger partial charge in [0.1, 0.15) is 0 Å². The van der Waals surface area contributed by atoms with Crippen molar-refractivity contribution < 1.29 is 9.47 Å². The predicted molar refractivity (Wildman–Crippen MR) is 69.1 cm³/mol. The molecule has 0 bridgehead atoms. The fourth-order valence-corrected chi connectivity index (χ4v) is 3.33. The normalized spacial score (nSPS) is 39.4. The van der Waals surface area contributed by atoms with Gasteiger partial charge in [-0.05, 0) is 37.6 Å². The maximum absolute atomic E-state index is 5.69. The van der Waals surface area contributed by atoms with Crippen molar-refractivity contribution in [1.29, 1.82) is 0 Å². The quantitative estimate of drug-likeness (QED) is 0.753. The van der Waals surface area contributed by atoms with Gasteiger partial charge in [-0.15, -0.1) is 0 Å². The zero-order valence-electron chi connectivity index (χ0n) is 11.7. The summed E-state index contributed by atoms with van der Waals surface area (Å²) < 4.78 is 11.1. The molecule has 100 valence electrons. The largest absolute Gasteiger partial charge is 0.381 e. The zero-order valence-corrected chi connectivity index (χ0v) is 11.7. The van der Waals surface area contributed by atoms with Crippen LogP contribution in [0.3, 0.4) is 0 Å². The van der Waals surface area contributed by atoms with Crippen molar-refractivity contribution in [2.75, 3.05) is 27.3 Å². The summed E-state index contributed by atoms with van der Waals surface area (Å²) in [6, 6.07) is 0.741. The molecule has 2 atom stereocenters. The number of hydrogen-bond acceptors (Lipinski definition) is 3. The number of piperidine rings is 1. The minimum Gasteiger partial charge on any atom is -0.381 e. The Bertz CT molecular complexity index is 238. The minimum absolute atomic E-state index is 0.422. The molecule has 1 heterocycles. The fourth-order valence-electron chi connectivity index (χ4n) is 3.33. The molecule has 0 radical (unpaired) electrons. The fraction of sp³-hybridized carbons (Fsp3) is 1.00. The van der Waals surface area contributed by atoms with Crippen molar-refractivity contribution in [3.05, 3.63) is 0 Å². The van der Waals surface area contributed by atoms with E-state index in [1.807, 2.05) is 14.2 Å². The van der Waals surface area contributed by atoms with Gasteiger partial charge in [0.05, 0.1) is 12.2 Å². The summed E-state index contributed by atoms with van der Waals surface area (Å²) in [7, 11) is 3.69. The van der Waals surface area contributed by atoms with Crippen molar-refractivity contribution in [3.63, 3.8) is 0 Å². The average Bonchev–Trinajstić information content (AvgIpc) is 2.27. The summed E-state index contributed by atoms with van der Waals surface area (Å²) in [4.78, 5) is 2.61. The maximum atomic E-state index is 5.69. The molecule has 0 spiro atoms. The highest BCUT2D eigenvalue weighted by Gasteiger charge is 2.39. The van der Waals surface area contributed by atoms with E-state index in [0.717, 1.165) is 24.4 Å². The van der Waals surface area contributed by atoms with Crippen LogP contribution >= 0.6 is 0 Å². The molecule has 2 aliphatic rings. The van der Waals surface area contributed by atoms with Crippen LogP contribution in [0, 0.1) is 11.8 Å². The summed E-state index contributed by atoms with van der Waals surface area (Å²) in [5.74, 6) is 1.46. The van der Waals surface area contributed by atoms with E-state index in [4.69, 9.17) is 9.47 Å². The first-order valence-corrected chi connectivity index (χ1v) is 6.95. The molecule has 3 heteroatoms. The van der Waals surface area contributed by atoms with Crippen LogP contribution in [0.15, 0.2) is 0 Å². The summed E-state index contributed by atoms with van der Waals surface area (Å²) in [6.45, 7) is 6.98. The van der Waals surface area contributed by atoms with E-state index in [1.165, 1.54) is 25.8 Å². The number of likely N-dealkylation sites (tertiary alicyclic amines) is 1. The molecule has 17 heavy (non-hydrogen) atoms. The molecule has 1 saturated carbocycles. The first kappa shape index (κ1) is 13.3. The van der Waals surface area contributed by atoms with Crippen LogP contribution in [-0.2, 0) is 9.47 Å². The maximum Gasteiger partial charge on any atom is 0.0729 e. The lowest BCUT2D eigenvalue weighted by Crippen LogP contribution is -2.55. The lowest BCUT2D eigenvalue weighted by Gasteiger charge is -2.48. The lowest BCUT2D eigenvalue weighted by molar-refractivity contribution is -0.0807. The highest BCUT2D eigenvalue weighted by atomic mass is 16.5. The second kappa shape index (κ2) is 5.68. The van der Waals surface area contributed by atoms with Crippen molar-refractivity contribution in [3.8, 4) is 0 Å². The van der Waals surface area contributed by atoms with E-state index in [0.29, 0.717) is 12.2 Å². The second-order valence-electron chi connectivity index (χ2n) is 5.95. The molecule has 0 aromatic carbocycles. The van der Waals surface area contributed by atoms with E-state index >= 15 is 0 Å². The van der Waals surface area contributed by atoms with Crippen LogP contribution in [0.4, 0.5) is 0 Å². The standard InChI is InChI=1S/C14H27NO2/c1-10(2)13-5-6-15(9-14(13)17-4)11-7-12(8-11)16-3/h10-14H,5-9H2,1-4H3/t11?,12?,13-,14-/m1/s1. The van der Waals surface area contributed by atoms with Crippen LogP contribution in [0.2, 0.25) is 0 Å². The molecule has 3 nitrogen and oxygen atoms in total. The highest BCUT2D eigenvalue weighted by Crippen LogP contribution is 2.33. The van der Waals surface area contributed by atoms with Crippen molar-refractivity contribution >= 4 is 0 Å². The summed E-state index contributed by atoms with van der Waals surface area (Å²) in [6.07, 6.45) is 4.62. The van der Waals surface area contributed by atoms with E-state index in [9.17, 15) is 0 Å². The van der Waals surface area contributed by atoms with Gasteiger partial charge >= 0.3 is 0 Å². The van der Waals surface area contributed by atoms with E-state index in [2.05, 4.69) is 18.7 Å². The third-order valence-electron chi connectivity index (χ3n) is 4.72. The van der Waals surface area contributed by atoms with Gasteiger partial charge in [-0.2, -0.15) is 0 Å². The van der Waals surface area contributed by atoms with E-state index in [1.54, 1.807) is 0 Å². The number of rotatable bonds is 4.